The highest BCUT2D eigenvalue weighted by Crippen LogP contribution is 2.37. The van der Waals surface area contributed by atoms with Crippen molar-refractivity contribution in [3.63, 3.8) is 0 Å². The van der Waals surface area contributed by atoms with Crippen LogP contribution in [0.2, 0.25) is 15.1 Å². The maximum Gasteiger partial charge on any atom is 0.266 e. The van der Waals surface area contributed by atoms with Crippen LogP contribution in [-0.4, -0.2) is 18.6 Å². The molecular weight excluding hydrogens is 421 g/mol. The van der Waals surface area contributed by atoms with Crippen molar-refractivity contribution in [3.8, 4) is 9.88 Å². The van der Waals surface area contributed by atoms with Crippen molar-refractivity contribution < 1.29 is 8.42 Å². The molecule has 0 radical (unpaired) electrons. The number of aromatic nitrogens is 2. The van der Waals surface area contributed by atoms with Crippen LogP contribution < -0.4 is 4.72 Å². The zero-order chi connectivity index (χ0) is 16.6. The van der Waals surface area contributed by atoms with Gasteiger partial charge in [0.15, 0.2) is 5.01 Å². The Labute approximate surface area is 154 Å². The van der Waals surface area contributed by atoms with E-state index in [0.717, 1.165) is 16.2 Å². The minimum Gasteiger partial charge on any atom is -0.253 e. The first-order chi connectivity index (χ1) is 10.9. The van der Waals surface area contributed by atoms with Gasteiger partial charge in [-0.25, -0.2) is 8.42 Å². The SMILES string of the molecule is O=S(=O)(Nc1nnc(-c2sccc2Cl)s1)c1c(Cl)cccc1Cl. The molecule has 1 aromatic carbocycles. The first-order valence-electron chi connectivity index (χ1n) is 5.92. The van der Waals surface area contributed by atoms with Crippen LogP contribution in [0.15, 0.2) is 34.5 Å². The molecule has 3 rings (SSSR count). The smallest absolute Gasteiger partial charge is 0.253 e. The predicted molar refractivity (Wildman–Crippen MR) is 95.5 cm³/mol. The van der Waals surface area contributed by atoms with Gasteiger partial charge in [0, 0.05) is 0 Å². The molecule has 0 atom stereocenters. The van der Waals surface area contributed by atoms with Crippen LogP contribution >= 0.6 is 57.5 Å². The Balaban J connectivity index is 1.93. The molecule has 3 aromatic rings. The van der Waals surface area contributed by atoms with Crippen LogP contribution in [0.4, 0.5) is 5.13 Å². The highest BCUT2D eigenvalue weighted by molar-refractivity contribution is 7.93. The molecule has 0 aliphatic heterocycles. The zero-order valence-electron chi connectivity index (χ0n) is 11.0. The van der Waals surface area contributed by atoms with Gasteiger partial charge in [0.25, 0.3) is 10.0 Å². The number of benzene rings is 1. The molecule has 0 fully saturated rings. The fourth-order valence-corrected chi connectivity index (χ4v) is 6.13. The molecule has 2 aromatic heterocycles. The first kappa shape index (κ1) is 16.9. The second-order valence-electron chi connectivity index (χ2n) is 4.17. The third-order valence-corrected chi connectivity index (χ3v) is 7.40. The van der Waals surface area contributed by atoms with E-state index in [1.165, 1.54) is 23.5 Å². The quantitative estimate of drug-likeness (QED) is 0.635. The normalized spacial score (nSPS) is 11.6. The molecule has 0 spiro atoms. The van der Waals surface area contributed by atoms with E-state index in [0.29, 0.717) is 10.0 Å². The van der Waals surface area contributed by atoms with Gasteiger partial charge in [-0.3, -0.25) is 4.72 Å². The summed E-state index contributed by atoms with van der Waals surface area (Å²) in [7, 11) is -3.98. The van der Waals surface area contributed by atoms with Gasteiger partial charge in [0.05, 0.1) is 19.9 Å². The van der Waals surface area contributed by atoms with Gasteiger partial charge in [-0.2, -0.15) is 0 Å². The van der Waals surface area contributed by atoms with Crippen LogP contribution in [0.3, 0.4) is 0 Å². The summed E-state index contributed by atoms with van der Waals surface area (Å²) in [5.74, 6) is 0. The molecule has 5 nitrogen and oxygen atoms in total. The Morgan fingerprint density at radius 3 is 2.30 bits per heavy atom. The topological polar surface area (TPSA) is 72.0 Å². The van der Waals surface area contributed by atoms with Gasteiger partial charge in [0.1, 0.15) is 4.90 Å². The van der Waals surface area contributed by atoms with Crippen LogP contribution in [0.1, 0.15) is 0 Å². The van der Waals surface area contributed by atoms with Crippen molar-refractivity contribution in [1.82, 2.24) is 10.2 Å². The first-order valence-corrected chi connectivity index (χ1v) is 10.2. The number of hydrogen-bond acceptors (Lipinski definition) is 6. The van der Waals surface area contributed by atoms with E-state index < -0.39 is 10.0 Å². The highest BCUT2D eigenvalue weighted by Gasteiger charge is 2.23. The maximum absolute atomic E-state index is 12.4. The third kappa shape index (κ3) is 3.47. The largest absolute Gasteiger partial charge is 0.266 e. The lowest BCUT2D eigenvalue weighted by atomic mass is 10.4. The molecule has 2 heterocycles. The molecule has 0 aliphatic rings. The van der Waals surface area contributed by atoms with Crippen molar-refractivity contribution >= 4 is 72.6 Å². The van der Waals surface area contributed by atoms with Crippen molar-refractivity contribution in [2.24, 2.45) is 0 Å². The zero-order valence-corrected chi connectivity index (χ0v) is 15.7. The van der Waals surface area contributed by atoms with Crippen LogP contribution in [0.5, 0.6) is 0 Å². The lowest BCUT2D eigenvalue weighted by Crippen LogP contribution is -2.13. The van der Waals surface area contributed by atoms with Crippen molar-refractivity contribution in [2.75, 3.05) is 4.72 Å². The Bertz CT molecular complexity index is 949. The number of thiophene rings is 1. The summed E-state index contributed by atoms with van der Waals surface area (Å²) in [5, 5.41) is 10.8. The monoisotopic (exact) mass is 425 g/mol. The van der Waals surface area contributed by atoms with Crippen LogP contribution in [-0.2, 0) is 10.0 Å². The van der Waals surface area contributed by atoms with Crippen molar-refractivity contribution in [3.05, 3.63) is 44.7 Å². The maximum atomic E-state index is 12.4. The Morgan fingerprint density at radius 1 is 1.00 bits per heavy atom. The van der Waals surface area contributed by atoms with Gasteiger partial charge < -0.3 is 0 Å². The summed E-state index contributed by atoms with van der Waals surface area (Å²) in [6.45, 7) is 0. The van der Waals surface area contributed by atoms with Gasteiger partial charge in [0.2, 0.25) is 5.13 Å². The van der Waals surface area contributed by atoms with E-state index in [1.54, 1.807) is 12.1 Å². The second kappa shape index (κ2) is 6.54. The van der Waals surface area contributed by atoms with E-state index in [-0.39, 0.29) is 20.1 Å². The minimum atomic E-state index is -3.98. The molecule has 0 bridgehead atoms. The summed E-state index contributed by atoms with van der Waals surface area (Å²) in [6, 6.07) is 6.18. The Morgan fingerprint density at radius 2 is 1.70 bits per heavy atom. The molecule has 0 aliphatic carbocycles. The van der Waals surface area contributed by atoms with Gasteiger partial charge in [-0.15, -0.1) is 21.5 Å². The third-order valence-electron chi connectivity index (χ3n) is 2.65. The summed E-state index contributed by atoms with van der Waals surface area (Å²) >= 11 is 20.4. The Kier molecular flexibility index (Phi) is 4.82. The molecule has 0 saturated carbocycles. The van der Waals surface area contributed by atoms with E-state index in [4.69, 9.17) is 34.8 Å². The molecule has 120 valence electrons. The second-order valence-corrected chi connectivity index (χ2v) is 8.90. The average Bonchev–Trinajstić information content (AvgIpc) is 3.06. The molecule has 0 unspecified atom stereocenters. The van der Waals surface area contributed by atoms with Crippen LogP contribution in [0.25, 0.3) is 9.88 Å². The molecule has 0 amide bonds. The number of hydrogen-bond donors (Lipinski definition) is 1. The minimum absolute atomic E-state index is 0.0241. The molecule has 11 heteroatoms. The number of nitrogens with one attached hydrogen (secondary N) is 1. The average molecular weight is 427 g/mol. The summed E-state index contributed by atoms with van der Waals surface area (Å²) in [5.41, 5.74) is 0. The van der Waals surface area contributed by atoms with Gasteiger partial charge in [-0.1, -0.05) is 52.2 Å². The standard InChI is InChI=1S/C12H6Cl3N3O2S3/c13-6-4-5-21-9(6)11-16-17-12(22-11)18-23(19,20)10-7(14)2-1-3-8(10)15/h1-5H,(H,17,18). The molecule has 23 heavy (non-hydrogen) atoms. The fraction of sp³-hybridized carbons (Fsp3) is 0. The molecule has 1 N–H and O–H groups in total. The Hall–Kier alpha value is -0.900. The fourth-order valence-electron chi connectivity index (χ4n) is 1.71. The highest BCUT2D eigenvalue weighted by atomic mass is 35.5. The number of sulfonamides is 1. The van der Waals surface area contributed by atoms with Gasteiger partial charge in [-0.05, 0) is 23.6 Å². The summed E-state index contributed by atoms with van der Waals surface area (Å²) < 4.78 is 27.2. The lowest BCUT2D eigenvalue weighted by molar-refractivity contribution is 0.601. The number of anilines is 1. The number of rotatable bonds is 4. The van der Waals surface area contributed by atoms with E-state index in [2.05, 4.69) is 14.9 Å². The molecule has 0 saturated heterocycles. The van der Waals surface area contributed by atoms with E-state index in [1.807, 2.05) is 5.38 Å². The lowest BCUT2D eigenvalue weighted by Gasteiger charge is -2.08. The summed E-state index contributed by atoms with van der Waals surface area (Å²) in [4.78, 5) is 0.527. The number of nitrogens with zero attached hydrogens (tertiary/aromatic N) is 2. The number of halogens is 3. The van der Waals surface area contributed by atoms with Crippen molar-refractivity contribution in [2.45, 2.75) is 4.90 Å². The van der Waals surface area contributed by atoms with E-state index >= 15 is 0 Å². The van der Waals surface area contributed by atoms with Crippen LogP contribution in [0, 0.1) is 0 Å². The van der Waals surface area contributed by atoms with Gasteiger partial charge >= 0.3 is 0 Å². The van der Waals surface area contributed by atoms with Crippen molar-refractivity contribution in [1.29, 1.82) is 0 Å². The molecular formula is C12H6Cl3N3O2S3. The predicted octanol–water partition coefficient (Wildman–Crippen LogP) is 5.03. The summed E-state index contributed by atoms with van der Waals surface area (Å²) in [6.07, 6.45) is 0. The van der Waals surface area contributed by atoms with E-state index in [9.17, 15) is 8.42 Å².